The monoisotopic (exact) mass is 804 g/mol. The Hall–Kier alpha value is -2.82. The van der Waals surface area contributed by atoms with E-state index in [-0.39, 0.29) is 6.92 Å². The van der Waals surface area contributed by atoms with Crippen molar-refractivity contribution in [2.45, 2.75) is 90.3 Å². The van der Waals surface area contributed by atoms with E-state index in [0.29, 0.717) is 0 Å². The van der Waals surface area contributed by atoms with Crippen LogP contribution in [0, 0.1) is 0 Å². The van der Waals surface area contributed by atoms with Gasteiger partial charge >= 0.3 is 89.3 Å². The van der Waals surface area contributed by atoms with Gasteiger partial charge in [-0.25, -0.2) is 9.18 Å². The van der Waals surface area contributed by atoms with Gasteiger partial charge in [-0.15, -0.1) is 0 Å². The fraction of sp³-hybridized carbons (Fsp3) is 0.833. The number of alkyl halides is 29. The summed E-state index contributed by atoms with van der Waals surface area (Å²) in [5, 5.41) is 0. The first-order valence-electron chi connectivity index (χ1n) is 10.4. The summed E-state index contributed by atoms with van der Waals surface area (Å²) in [4.78, 5) is 11.3. The molecule has 0 amide bonds. The summed E-state index contributed by atoms with van der Waals surface area (Å²) in [7, 11) is 0. The quantitative estimate of drug-likeness (QED) is 0.112. The molecule has 49 heavy (non-hydrogen) atoms. The first kappa shape index (κ1) is 46.2. The van der Waals surface area contributed by atoms with Crippen molar-refractivity contribution in [3.63, 3.8) is 0 Å². The van der Waals surface area contributed by atoms with Crippen LogP contribution in [0.15, 0.2) is 12.2 Å². The van der Waals surface area contributed by atoms with E-state index in [9.17, 15) is 128 Å². The van der Waals surface area contributed by atoms with Crippen molar-refractivity contribution >= 4 is 5.97 Å². The van der Waals surface area contributed by atoms with E-state index in [1.165, 1.54) is 0 Å². The highest BCUT2D eigenvalue weighted by Gasteiger charge is 3.02. The molecule has 0 N–H and O–H groups in total. The fourth-order valence-corrected chi connectivity index (χ4v) is 2.84. The van der Waals surface area contributed by atoms with Gasteiger partial charge in [0.25, 0.3) is 0 Å². The Labute approximate surface area is 246 Å². The molecular formula is C18H5F29O2. The molecule has 0 heterocycles. The van der Waals surface area contributed by atoms with Crippen LogP contribution in [0.25, 0.3) is 0 Å². The SMILES string of the molecule is C=C(C)C(=O)OC(F)(C(F)(F)C(F)(F)C(F)(F)C(F)(F)C(F)(F)C(F)(F)C(F)(F)F)C(F)(F)C(F)(F)C(F)(F)C(F)(C(F)(F)F)C(F)(F)F. The van der Waals surface area contributed by atoms with Gasteiger partial charge in [0, 0.05) is 5.57 Å². The maximum absolute atomic E-state index is 15.0. The Morgan fingerprint density at radius 3 is 0.816 bits per heavy atom. The van der Waals surface area contributed by atoms with Crippen molar-refractivity contribution < 1.29 is 137 Å². The van der Waals surface area contributed by atoms with Gasteiger partial charge in [0.1, 0.15) is 0 Å². The van der Waals surface area contributed by atoms with Gasteiger partial charge < -0.3 is 4.74 Å². The average molecular weight is 804 g/mol. The van der Waals surface area contributed by atoms with E-state index < -0.39 is 94.9 Å². The number of hydrogen-bond acceptors (Lipinski definition) is 2. The molecule has 292 valence electrons. The molecule has 0 aromatic rings. The lowest BCUT2D eigenvalue weighted by Gasteiger charge is -2.48. The standard InChI is InChI=1S/C18H5F29O2/c1-3(2)4(48)49-15(38,12(32,33)7(22,23)6(20,21)5(19,16(39,40)41)17(42,43)44)13(34,35)10(28,29)8(24,25)9(26,27)11(30,31)14(36,37)18(45,46)47/h1H2,2H3. The number of hydrogen-bond donors (Lipinski definition) is 0. The van der Waals surface area contributed by atoms with Crippen molar-refractivity contribution in [2.24, 2.45) is 0 Å². The Morgan fingerprint density at radius 1 is 0.367 bits per heavy atom. The third kappa shape index (κ3) is 5.55. The highest BCUT2D eigenvalue weighted by Crippen LogP contribution is 2.69. The maximum Gasteiger partial charge on any atom is 0.460 e. The zero-order valence-electron chi connectivity index (χ0n) is 21.5. The average Bonchev–Trinajstić information content (AvgIpc) is 2.84. The molecular weight excluding hydrogens is 799 g/mol. The number of carbonyl (C=O) groups is 1. The van der Waals surface area contributed by atoms with E-state index in [2.05, 4.69) is 0 Å². The minimum absolute atomic E-state index is 0.313. The first-order valence-corrected chi connectivity index (χ1v) is 10.4. The Morgan fingerprint density at radius 2 is 0.592 bits per heavy atom. The molecule has 0 rings (SSSR count). The summed E-state index contributed by atoms with van der Waals surface area (Å²) in [6.45, 7) is 1.67. The van der Waals surface area contributed by atoms with E-state index in [1.54, 1.807) is 0 Å². The Balaban J connectivity index is 8.34. The van der Waals surface area contributed by atoms with Gasteiger partial charge in [-0.1, -0.05) is 6.58 Å². The molecule has 0 aliphatic rings. The van der Waals surface area contributed by atoms with Crippen LogP contribution in [0.4, 0.5) is 127 Å². The molecule has 0 aliphatic carbocycles. The minimum atomic E-state index is -9.89. The number of esters is 1. The van der Waals surface area contributed by atoms with Crippen LogP contribution in [0.1, 0.15) is 6.92 Å². The molecule has 0 fully saturated rings. The summed E-state index contributed by atoms with van der Waals surface area (Å²) in [5.41, 5.74) is -11.6. The summed E-state index contributed by atoms with van der Waals surface area (Å²) in [6, 6.07) is 0. The van der Waals surface area contributed by atoms with Crippen LogP contribution >= 0.6 is 0 Å². The number of rotatable bonds is 12. The molecule has 1 atom stereocenters. The highest BCUT2D eigenvalue weighted by atomic mass is 19.4. The molecule has 31 heteroatoms. The van der Waals surface area contributed by atoms with Gasteiger partial charge in [-0.3, -0.25) is 0 Å². The molecule has 0 aromatic carbocycles. The summed E-state index contributed by atoms with van der Waals surface area (Å²) in [5.74, 6) is -100. The third-order valence-electron chi connectivity index (χ3n) is 5.72. The predicted molar refractivity (Wildman–Crippen MR) is 91.3 cm³/mol. The largest absolute Gasteiger partial charge is 0.460 e. The molecule has 2 nitrogen and oxygen atoms in total. The Bertz CT molecular complexity index is 1250. The lowest BCUT2D eigenvalue weighted by atomic mass is 9.81. The van der Waals surface area contributed by atoms with Crippen LogP contribution in [0.3, 0.4) is 0 Å². The van der Waals surface area contributed by atoms with E-state index in [4.69, 9.17) is 0 Å². The van der Waals surface area contributed by atoms with Crippen LogP contribution < -0.4 is 0 Å². The van der Waals surface area contributed by atoms with Crippen LogP contribution in [0.2, 0.25) is 0 Å². The Kier molecular flexibility index (Phi) is 10.7. The van der Waals surface area contributed by atoms with E-state index >= 15 is 4.39 Å². The summed E-state index contributed by atoms with van der Waals surface area (Å²) >= 11 is 0. The zero-order chi connectivity index (χ0) is 40.9. The molecule has 0 aliphatic heterocycles. The van der Waals surface area contributed by atoms with Gasteiger partial charge in [0.15, 0.2) is 0 Å². The number of carbonyl (C=O) groups excluding carboxylic acids is 1. The molecule has 0 radical (unpaired) electrons. The summed E-state index contributed by atoms with van der Waals surface area (Å²) < 4.78 is 393. The summed E-state index contributed by atoms with van der Waals surface area (Å²) in [6.07, 6.45) is -25.9. The third-order valence-corrected chi connectivity index (χ3v) is 5.72. The predicted octanol–water partition coefficient (Wildman–Crippen LogP) is 9.88. The number of ether oxygens (including phenoxy) is 1. The molecule has 1 unspecified atom stereocenters. The molecule has 0 bridgehead atoms. The highest BCUT2D eigenvalue weighted by molar-refractivity contribution is 5.87. The van der Waals surface area contributed by atoms with Gasteiger partial charge in [0.05, 0.1) is 0 Å². The molecule has 0 spiro atoms. The minimum Gasteiger partial charge on any atom is -0.413 e. The normalized spacial score (nSPS) is 17.5. The molecule has 0 saturated carbocycles. The zero-order valence-corrected chi connectivity index (χ0v) is 21.5. The van der Waals surface area contributed by atoms with Crippen molar-refractivity contribution in [1.82, 2.24) is 0 Å². The van der Waals surface area contributed by atoms with Crippen molar-refractivity contribution in [3.05, 3.63) is 12.2 Å². The van der Waals surface area contributed by atoms with E-state index in [0.717, 1.165) is 0 Å². The van der Waals surface area contributed by atoms with Gasteiger partial charge in [-0.05, 0) is 6.92 Å². The second-order valence-electron chi connectivity index (χ2n) is 9.09. The van der Waals surface area contributed by atoms with Gasteiger partial charge in [-0.2, -0.15) is 123 Å². The lowest BCUT2D eigenvalue weighted by Crippen LogP contribution is -2.81. The van der Waals surface area contributed by atoms with Crippen LogP contribution in [-0.2, 0) is 9.53 Å². The van der Waals surface area contributed by atoms with Crippen molar-refractivity contribution in [1.29, 1.82) is 0 Å². The van der Waals surface area contributed by atoms with Crippen LogP contribution in [0.5, 0.6) is 0 Å². The van der Waals surface area contributed by atoms with Crippen molar-refractivity contribution in [3.8, 4) is 0 Å². The second-order valence-corrected chi connectivity index (χ2v) is 9.09. The second kappa shape index (κ2) is 11.3. The fourth-order valence-electron chi connectivity index (χ4n) is 2.84. The number of halogens is 29. The van der Waals surface area contributed by atoms with Crippen LogP contribution in [-0.4, -0.2) is 89.3 Å². The smallest absolute Gasteiger partial charge is 0.413 e. The topological polar surface area (TPSA) is 26.3 Å². The first-order chi connectivity index (χ1) is 20.6. The van der Waals surface area contributed by atoms with Gasteiger partial charge in [0.2, 0.25) is 0 Å². The van der Waals surface area contributed by atoms with E-state index in [1.807, 2.05) is 11.3 Å². The lowest BCUT2D eigenvalue weighted by molar-refractivity contribution is -0.499. The molecule has 0 aromatic heterocycles. The van der Waals surface area contributed by atoms with Crippen molar-refractivity contribution in [2.75, 3.05) is 0 Å². The maximum atomic E-state index is 15.0. The molecule has 0 saturated heterocycles.